The maximum Gasteiger partial charge on any atom is 1.00 e. The fourth-order valence-electron chi connectivity index (χ4n) is 1.53. The van der Waals surface area contributed by atoms with Gasteiger partial charge in [0.15, 0.2) is 0 Å². The predicted octanol–water partition coefficient (Wildman–Crippen LogP) is 0.688. The molecule has 0 heterocycles. The summed E-state index contributed by atoms with van der Waals surface area (Å²) in [7, 11) is -3.82. The van der Waals surface area contributed by atoms with Crippen LogP contribution in [0.2, 0.25) is 0 Å². The normalized spacial score (nSPS) is 11.6. The van der Waals surface area contributed by atoms with E-state index in [9.17, 15) is 8.42 Å². The Balaban J connectivity index is -0.00000112. The van der Waals surface area contributed by atoms with Crippen LogP contribution in [0.4, 0.5) is 0 Å². The van der Waals surface area contributed by atoms with Crippen molar-refractivity contribution in [3.63, 3.8) is 0 Å². The van der Waals surface area contributed by atoms with Gasteiger partial charge in [-0.05, 0) is 12.8 Å². The number of rotatable bonds is 10. The molecule has 3 nitrogen and oxygen atoms in total. The Morgan fingerprint density at radius 2 is 1.53 bits per heavy atom. The third-order valence-corrected chi connectivity index (χ3v) is 3.06. The Labute approximate surface area is 130 Å². The Morgan fingerprint density at radius 1 is 1.00 bits per heavy atom. The van der Waals surface area contributed by atoms with E-state index in [-0.39, 0.29) is 36.7 Å². The molecule has 1 N–H and O–H groups in total. The van der Waals surface area contributed by atoms with Crippen molar-refractivity contribution >= 4 is 10.1 Å². The van der Waals surface area contributed by atoms with Gasteiger partial charge in [0.1, 0.15) is 0 Å². The molecule has 0 bridgehead atoms. The van der Waals surface area contributed by atoms with Gasteiger partial charge in [-0.25, -0.2) is 0 Å². The third kappa shape index (κ3) is 19.2. The molecule has 17 heavy (non-hydrogen) atoms. The summed E-state index contributed by atoms with van der Waals surface area (Å²) >= 11 is 0. The van der Waals surface area contributed by atoms with Crippen LogP contribution in [0, 0.1) is 0 Å². The van der Waals surface area contributed by atoms with Crippen LogP contribution in [0.5, 0.6) is 0 Å². The number of unbranched alkanes of at least 4 members (excludes halogenated alkanes) is 7. The van der Waals surface area contributed by atoms with Crippen LogP contribution >= 0.6 is 0 Å². The zero-order valence-electron chi connectivity index (χ0n) is 12.2. The zero-order chi connectivity index (χ0) is 12.3. The minimum Gasteiger partial charge on any atom is -1.00 e. The van der Waals surface area contributed by atoms with E-state index in [1.807, 2.05) is 6.08 Å². The average molecular weight is 272 g/mol. The van der Waals surface area contributed by atoms with E-state index in [1.165, 1.54) is 44.6 Å². The van der Waals surface area contributed by atoms with Gasteiger partial charge in [-0.1, -0.05) is 57.6 Å². The van der Waals surface area contributed by atoms with Crippen molar-refractivity contribution in [3.8, 4) is 0 Å². The van der Waals surface area contributed by atoms with Crippen LogP contribution in [0.1, 0.15) is 59.7 Å². The fourth-order valence-corrected chi connectivity index (χ4v) is 1.91. The summed E-state index contributed by atoms with van der Waals surface area (Å²) < 4.78 is 29.2. The minimum atomic E-state index is -3.82. The van der Waals surface area contributed by atoms with Crippen molar-refractivity contribution in [2.75, 3.05) is 5.75 Å². The quantitative estimate of drug-likeness (QED) is 0.275. The van der Waals surface area contributed by atoms with Crippen LogP contribution in [0.15, 0.2) is 12.2 Å². The molecule has 0 aromatic carbocycles. The van der Waals surface area contributed by atoms with E-state index in [0.29, 0.717) is 0 Å². The van der Waals surface area contributed by atoms with Crippen molar-refractivity contribution in [2.45, 2.75) is 58.3 Å². The number of hydrogen-bond acceptors (Lipinski definition) is 2. The fraction of sp³-hybridized carbons (Fsp3) is 0.833. The van der Waals surface area contributed by atoms with Crippen LogP contribution in [-0.2, 0) is 10.1 Å². The van der Waals surface area contributed by atoms with Gasteiger partial charge in [-0.2, -0.15) is 8.42 Å². The molecular formula is C12H25NaO3S. The zero-order valence-corrected chi connectivity index (χ0v) is 14.0. The summed E-state index contributed by atoms with van der Waals surface area (Å²) in [6.07, 6.45) is 13.1. The Bertz CT molecular complexity index is 279. The summed E-state index contributed by atoms with van der Waals surface area (Å²) in [6, 6.07) is 0. The van der Waals surface area contributed by atoms with E-state index >= 15 is 0 Å². The van der Waals surface area contributed by atoms with Gasteiger partial charge in [0, 0.05) is 0 Å². The molecule has 0 aromatic heterocycles. The molecule has 0 aromatic rings. The molecule has 0 fully saturated rings. The maximum absolute atomic E-state index is 10.4. The standard InChI is InChI=1S/C12H24O3S.Na.H/c1-2-3-4-5-6-7-8-9-10-11-12-16(13,14)15;;/h10-11H,2-9,12H2,1H3,(H,13,14,15);;/q;+1;-1/b11-10+;;. The summed E-state index contributed by atoms with van der Waals surface area (Å²) in [5, 5.41) is 0. The summed E-state index contributed by atoms with van der Waals surface area (Å²) in [4.78, 5) is 0. The first-order valence-electron chi connectivity index (χ1n) is 6.16. The molecule has 0 unspecified atom stereocenters. The molecule has 0 aliphatic heterocycles. The van der Waals surface area contributed by atoms with E-state index < -0.39 is 10.1 Å². The topological polar surface area (TPSA) is 54.4 Å². The summed E-state index contributed by atoms with van der Waals surface area (Å²) in [6.45, 7) is 2.21. The van der Waals surface area contributed by atoms with Gasteiger partial charge in [0.05, 0.1) is 5.75 Å². The van der Waals surface area contributed by atoms with Gasteiger partial charge in [-0.3, -0.25) is 4.55 Å². The number of hydrogen-bond donors (Lipinski definition) is 1. The third-order valence-electron chi connectivity index (χ3n) is 2.45. The molecule has 0 aliphatic rings. The monoisotopic (exact) mass is 272 g/mol. The molecule has 0 radical (unpaired) electrons. The average Bonchev–Trinajstić information content (AvgIpc) is 2.19. The molecule has 0 rings (SSSR count). The molecule has 5 heteroatoms. The summed E-state index contributed by atoms with van der Waals surface area (Å²) in [5.41, 5.74) is 0. The molecule has 0 aliphatic carbocycles. The predicted molar refractivity (Wildman–Crippen MR) is 69.3 cm³/mol. The van der Waals surface area contributed by atoms with Gasteiger partial charge in [0.2, 0.25) is 0 Å². The SMILES string of the molecule is CCCCCCCCC/C=C/CS(=O)(=O)O.[H-].[Na+]. The molecule has 0 amide bonds. The smallest absolute Gasteiger partial charge is 1.00 e. The van der Waals surface area contributed by atoms with Crippen molar-refractivity contribution in [2.24, 2.45) is 0 Å². The second-order valence-electron chi connectivity index (χ2n) is 4.13. The minimum absolute atomic E-state index is 0. The molecule has 0 atom stereocenters. The second kappa shape index (κ2) is 13.1. The Kier molecular flexibility index (Phi) is 15.4. The Morgan fingerprint density at radius 3 is 2.06 bits per heavy atom. The van der Waals surface area contributed by atoms with Crippen molar-refractivity contribution < 1.29 is 44.0 Å². The largest absolute Gasteiger partial charge is 1.00 e. The van der Waals surface area contributed by atoms with Crippen molar-refractivity contribution in [1.29, 1.82) is 0 Å². The van der Waals surface area contributed by atoms with Crippen molar-refractivity contribution in [1.82, 2.24) is 0 Å². The van der Waals surface area contributed by atoms with Gasteiger partial charge in [0.25, 0.3) is 10.1 Å². The molecule has 0 spiro atoms. The van der Waals surface area contributed by atoms with E-state index in [1.54, 1.807) is 0 Å². The van der Waals surface area contributed by atoms with Gasteiger partial charge >= 0.3 is 29.6 Å². The van der Waals surface area contributed by atoms with E-state index in [4.69, 9.17) is 4.55 Å². The first-order valence-corrected chi connectivity index (χ1v) is 7.77. The molecular weight excluding hydrogens is 247 g/mol. The molecule has 98 valence electrons. The van der Waals surface area contributed by atoms with E-state index in [2.05, 4.69) is 6.92 Å². The van der Waals surface area contributed by atoms with Crippen molar-refractivity contribution in [3.05, 3.63) is 12.2 Å². The number of allylic oxidation sites excluding steroid dienone is 1. The van der Waals surface area contributed by atoms with Crippen LogP contribution in [-0.4, -0.2) is 18.7 Å². The molecule has 0 saturated heterocycles. The first-order chi connectivity index (χ1) is 7.56. The van der Waals surface area contributed by atoms with Crippen LogP contribution in [0.25, 0.3) is 0 Å². The van der Waals surface area contributed by atoms with Gasteiger partial charge < -0.3 is 1.43 Å². The maximum atomic E-state index is 10.4. The first kappa shape index (κ1) is 20.0. The van der Waals surface area contributed by atoms with Crippen LogP contribution in [0.3, 0.4) is 0 Å². The van der Waals surface area contributed by atoms with Gasteiger partial charge in [-0.15, -0.1) is 0 Å². The van der Waals surface area contributed by atoms with E-state index in [0.717, 1.165) is 12.8 Å². The Hall–Kier alpha value is 0.650. The van der Waals surface area contributed by atoms with Crippen LogP contribution < -0.4 is 29.6 Å². The summed E-state index contributed by atoms with van der Waals surface area (Å²) in [5.74, 6) is -0.260. The second-order valence-corrected chi connectivity index (χ2v) is 5.63. The molecule has 0 saturated carbocycles.